The van der Waals surface area contributed by atoms with Crippen molar-refractivity contribution in [1.82, 2.24) is 9.71 Å². The first-order valence-corrected chi connectivity index (χ1v) is 8.21. The van der Waals surface area contributed by atoms with Crippen LogP contribution in [0.15, 0.2) is 28.6 Å². The van der Waals surface area contributed by atoms with Crippen LogP contribution in [0.3, 0.4) is 0 Å². The molecule has 5 nitrogen and oxygen atoms in total. The second-order valence-corrected chi connectivity index (χ2v) is 7.03. The van der Waals surface area contributed by atoms with Crippen LogP contribution in [0.2, 0.25) is 5.02 Å². The summed E-state index contributed by atoms with van der Waals surface area (Å²) in [6.07, 6.45) is 1.58. The molecule has 1 aromatic heterocycles. The van der Waals surface area contributed by atoms with Gasteiger partial charge in [0.15, 0.2) is 0 Å². The summed E-state index contributed by atoms with van der Waals surface area (Å²) < 4.78 is 40.1. The lowest BCUT2D eigenvalue weighted by molar-refractivity contribution is 0.566. The number of benzene rings is 1. The fourth-order valence-electron chi connectivity index (χ4n) is 1.55. The molecule has 0 saturated carbocycles. The van der Waals surface area contributed by atoms with Crippen molar-refractivity contribution < 1.29 is 12.8 Å². The number of nitrogens with one attached hydrogen (secondary N) is 1. The van der Waals surface area contributed by atoms with Gasteiger partial charge in [0.25, 0.3) is 0 Å². The lowest BCUT2D eigenvalue weighted by Crippen LogP contribution is -2.27. The van der Waals surface area contributed by atoms with E-state index in [1.54, 1.807) is 18.5 Å². The molecule has 3 N–H and O–H groups in total. The molecule has 1 unspecified atom stereocenters. The molecule has 1 atom stereocenters. The fourth-order valence-corrected chi connectivity index (χ4v) is 4.02. The van der Waals surface area contributed by atoms with Crippen LogP contribution in [0, 0.1) is 5.82 Å². The summed E-state index contributed by atoms with van der Waals surface area (Å²) >= 11 is 7.09. The summed E-state index contributed by atoms with van der Waals surface area (Å²) in [5, 5.41) is 2.12. The van der Waals surface area contributed by atoms with Gasteiger partial charge in [-0.3, -0.25) is 0 Å². The maximum atomic E-state index is 13.2. The molecule has 0 aliphatic heterocycles. The zero-order valence-electron chi connectivity index (χ0n) is 10.3. The number of hydrogen-bond donors (Lipinski definition) is 2. The van der Waals surface area contributed by atoms with E-state index in [1.165, 1.54) is 11.3 Å². The van der Waals surface area contributed by atoms with Crippen LogP contribution in [-0.4, -0.2) is 13.4 Å². The Morgan fingerprint density at radius 2 is 2.20 bits per heavy atom. The highest BCUT2D eigenvalue weighted by atomic mass is 35.5. The second-order valence-electron chi connectivity index (χ2n) is 4.02. The Hall–Kier alpha value is -1.22. The zero-order valence-corrected chi connectivity index (χ0v) is 12.7. The van der Waals surface area contributed by atoms with Crippen molar-refractivity contribution >= 4 is 38.6 Å². The molecule has 2 aromatic rings. The summed E-state index contributed by atoms with van der Waals surface area (Å²) in [5.41, 5.74) is 5.09. The lowest BCUT2D eigenvalue weighted by atomic mass is 10.3. The number of nitrogens with zero attached hydrogens (tertiary/aromatic N) is 1. The van der Waals surface area contributed by atoms with Crippen LogP contribution in [0.1, 0.15) is 18.0 Å². The third-order valence-corrected chi connectivity index (χ3v) is 5.46. The quantitative estimate of drug-likeness (QED) is 0.841. The van der Waals surface area contributed by atoms with Gasteiger partial charge < -0.3 is 5.73 Å². The van der Waals surface area contributed by atoms with E-state index in [-0.39, 0.29) is 15.6 Å². The van der Waals surface area contributed by atoms with Crippen LogP contribution in [0.4, 0.5) is 10.1 Å². The van der Waals surface area contributed by atoms with Crippen LogP contribution in [0.25, 0.3) is 0 Å². The predicted molar refractivity (Wildman–Crippen MR) is 76.7 cm³/mol. The molecule has 108 valence electrons. The first-order chi connectivity index (χ1) is 9.31. The Morgan fingerprint density at radius 3 is 2.80 bits per heavy atom. The molecule has 1 aromatic carbocycles. The van der Waals surface area contributed by atoms with Gasteiger partial charge in [-0.1, -0.05) is 11.6 Å². The maximum absolute atomic E-state index is 13.2. The number of halogens is 2. The molecule has 20 heavy (non-hydrogen) atoms. The average Bonchev–Trinajstić information content (AvgIpc) is 2.86. The monoisotopic (exact) mass is 335 g/mol. The van der Waals surface area contributed by atoms with Crippen molar-refractivity contribution in [3.63, 3.8) is 0 Å². The van der Waals surface area contributed by atoms with Crippen LogP contribution in [-0.2, 0) is 10.0 Å². The third-order valence-electron chi connectivity index (χ3n) is 2.49. The fraction of sp³-hybridized carbons (Fsp3) is 0.182. The number of hydrogen-bond acceptors (Lipinski definition) is 5. The maximum Gasteiger partial charge on any atom is 0.242 e. The molecular weight excluding hydrogens is 325 g/mol. The van der Waals surface area contributed by atoms with E-state index in [9.17, 15) is 12.8 Å². The predicted octanol–water partition coefficient (Wildman–Crippen LogP) is 2.56. The normalized spacial score (nSPS) is 13.3. The van der Waals surface area contributed by atoms with Gasteiger partial charge in [-0.15, -0.1) is 11.3 Å². The number of nitrogen functional groups attached to an aromatic ring is 1. The standard InChI is InChI=1S/C11H11ClFN3O2S2/c1-6(11-15-2-3-19-11)16-20(17,18)10-5-9(14)8(13)4-7(10)12/h2-6,16H,14H2,1H3. The van der Waals surface area contributed by atoms with Crippen molar-refractivity contribution in [2.45, 2.75) is 17.9 Å². The van der Waals surface area contributed by atoms with Crippen molar-refractivity contribution in [2.24, 2.45) is 0 Å². The summed E-state index contributed by atoms with van der Waals surface area (Å²) in [5.74, 6) is -0.762. The minimum absolute atomic E-state index is 0.226. The Morgan fingerprint density at radius 1 is 1.50 bits per heavy atom. The first-order valence-electron chi connectivity index (χ1n) is 5.47. The Kier molecular flexibility index (Phi) is 4.28. The smallest absolute Gasteiger partial charge is 0.242 e. The van der Waals surface area contributed by atoms with Crippen molar-refractivity contribution in [3.8, 4) is 0 Å². The van der Waals surface area contributed by atoms with Gasteiger partial charge in [0.2, 0.25) is 10.0 Å². The van der Waals surface area contributed by atoms with Gasteiger partial charge in [-0.05, 0) is 19.1 Å². The van der Waals surface area contributed by atoms with Gasteiger partial charge in [-0.25, -0.2) is 22.5 Å². The van der Waals surface area contributed by atoms with Gasteiger partial charge >= 0.3 is 0 Å². The Bertz CT molecular complexity index is 720. The van der Waals surface area contributed by atoms with Crippen LogP contribution >= 0.6 is 22.9 Å². The van der Waals surface area contributed by atoms with Gasteiger partial charge in [-0.2, -0.15) is 0 Å². The number of aromatic nitrogens is 1. The molecule has 0 saturated heterocycles. The summed E-state index contributed by atoms with van der Waals surface area (Å²) in [6, 6.07) is 1.34. The second kappa shape index (κ2) is 5.65. The van der Waals surface area contributed by atoms with E-state index < -0.39 is 21.9 Å². The summed E-state index contributed by atoms with van der Waals surface area (Å²) in [4.78, 5) is 3.76. The van der Waals surface area contributed by atoms with Crippen LogP contribution < -0.4 is 10.5 Å². The lowest BCUT2D eigenvalue weighted by Gasteiger charge is -2.13. The highest BCUT2D eigenvalue weighted by Crippen LogP contribution is 2.27. The number of nitrogens with two attached hydrogens (primary N) is 1. The minimum atomic E-state index is -3.92. The molecule has 0 aliphatic carbocycles. The number of rotatable bonds is 4. The Labute approximate surface area is 124 Å². The van der Waals surface area contributed by atoms with E-state index in [1.807, 2.05) is 0 Å². The SMILES string of the molecule is CC(NS(=O)(=O)c1cc(N)c(F)cc1Cl)c1nccs1. The highest BCUT2D eigenvalue weighted by molar-refractivity contribution is 7.89. The summed E-state index contributed by atoms with van der Waals surface area (Å²) in [7, 11) is -3.92. The van der Waals surface area contributed by atoms with E-state index in [0.717, 1.165) is 12.1 Å². The van der Waals surface area contributed by atoms with E-state index in [2.05, 4.69) is 9.71 Å². The van der Waals surface area contributed by atoms with Crippen molar-refractivity contribution in [2.75, 3.05) is 5.73 Å². The molecule has 9 heteroatoms. The van der Waals surface area contributed by atoms with E-state index >= 15 is 0 Å². The third kappa shape index (κ3) is 3.09. The molecule has 0 amide bonds. The minimum Gasteiger partial charge on any atom is -0.396 e. The van der Waals surface area contributed by atoms with E-state index in [4.69, 9.17) is 17.3 Å². The number of thiazole rings is 1. The van der Waals surface area contributed by atoms with Crippen molar-refractivity contribution in [1.29, 1.82) is 0 Å². The number of anilines is 1. The largest absolute Gasteiger partial charge is 0.396 e. The molecule has 0 fully saturated rings. The van der Waals surface area contributed by atoms with Gasteiger partial charge in [0.05, 0.1) is 16.8 Å². The Balaban J connectivity index is 2.34. The number of sulfonamides is 1. The molecule has 0 aliphatic rings. The molecular formula is C11H11ClFN3O2S2. The van der Waals surface area contributed by atoms with E-state index in [0.29, 0.717) is 5.01 Å². The highest BCUT2D eigenvalue weighted by Gasteiger charge is 2.23. The molecule has 2 rings (SSSR count). The van der Waals surface area contributed by atoms with Gasteiger partial charge in [0.1, 0.15) is 15.7 Å². The van der Waals surface area contributed by atoms with Crippen LogP contribution in [0.5, 0.6) is 0 Å². The first kappa shape index (κ1) is 15.2. The average molecular weight is 336 g/mol. The van der Waals surface area contributed by atoms with Crippen molar-refractivity contribution in [3.05, 3.63) is 39.6 Å². The molecule has 1 heterocycles. The molecule has 0 bridgehead atoms. The topological polar surface area (TPSA) is 85.1 Å². The molecule has 0 spiro atoms. The van der Waals surface area contributed by atoms with Gasteiger partial charge in [0, 0.05) is 11.6 Å². The summed E-state index contributed by atoms with van der Waals surface area (Å²) in [6.45, 7) is 1.65. The zero-order chi connectivity index (χ0) is 14.9. The molecule has 0 radical (unpaired) electrons.